The summed E-state index contributed by atoms with van der Waals surface area (Å²) in [5, 5.41) is 8.96. The van der Waals surface area contributed by atoms with Crippen LogP contribution in [0.4, 0.5) is 0 Å². The molecule has 0 saturated heterocycles. The van der Waals surface area contributed by atoms with E-state index in [4.69, 9.17) is 15.6 Å². The van der Waals surface area contributed by atoms with Crippen LogP contribution in [0.15, 0.2) is 43.0 Å². The number of esters is 1. The minimum absolute atomic E-state index is 0.0109. The molecule has 0 aliphatic carbocycles. The summed E-state index contributed by atoms with van der Waals surface area (Å²) in [6, 6.07) is 8.94. The minimum atomic E-state index is -2.07. The first-order chi connectivity index (χ1) is 8.50. The molecule has 5 nitrogen and oxygen atoms in total. The SMILES string of the molecule is C=CCC(N)(C(=O)O)C(=O)OCc1ccccc1. The summed E-state index contributed by atoms with van der Waals surface area (Å²) in [6.07, 6.45) is 1.09. The number of ether oxygens (including phenoxy) is 1. The molecular formula is C13H15NO4. The van der Waals surface area contributed by atoms with Crippen molar-refractivity contribution in [1.82, 2.24) is 0 Å². The summed E-state index contributed by atoms with van der Waals surface area (Å²) in [7, 11) is 0. The van der Waals surface area contributed by atoms with Crippen molar-refractivity contribution < 1.29 is 19.4 Å². The fourth-order valence-corrected chi connectivity index (χ4v) is 1.34. The van der Waals surface area contributed by atoms with Gasteiger partial charge in [-0.25, -0.2) is 9.59 Å². The summed E-state index contributed by atoms with van der Waals surface area (Å²) < 4.78 is 4.91. The highest BCUT2D eigenvalue weighted by molar-refractivity contribution is 6.04. The summed E-state index contributed by atoms with van der Waals surface area (Å²) >= 11 is 0. The van der Waals surface area contributed by atoms with Crippen LogP contribution in [-0.2, 0) is 20.9 Å². The number of carbonyl (C=O) groups is 2. The van der Waals surface area contributed by atoms with Crippen molar-refractivity contribution in [3.8, 4) is 0 Å². The summed E-state index contributed by atoms with van der Waals surface area (Å²) in [5.41, 5.74) is 4.20. The van der Waals surface area contributed by atoms with Crippen LogP contribution < -0.4 is 5.73 Å². The van der Waals surface area contributed by atoms with Crippen molar-refractivity contribution in [3.05, 3.63) is 48.6 Å². The van der Waals surface area contributed by atoms with E-state index in [2.05, 4.69) is 6.58 Å². The zero-order valence-corrected chi connectivity index (χ0v) is 9.83. The highest BCUT2D eigenvalue weighted by Gasteiger charge is 2.42. The van der Waals surface area contributed by atoms with Gasteiger partial charge in [0.15, 0.2) is 0 Å². The number of benzene rings is 1. The van der Waals surface area contributed by atoms with Crippen molar-refractivity contribution >= 4 is 11.9 Å². The first-order valence-electron chi connectivity index (χ1n) is 5.35. The molecule has 0 aliphatic heterocycles. The second-order valence-corrected chi connectivity index (χ2v) is 3.83. The van der Waals surface area contributed by atoms with Crippen LogP contribution in [0.1, 0.15) is 12.0 Å². The Morgan fingerprint density at radius 3 is 2.50 bits per heavy atom. The third-order valence-electron chi connectivity index (χ3n) is 2.42. The van der Waals surface area contributed by atoms with Gasteiger partial charge in [0.25, 0.3) is 0 Å². The van der Waals surface area contributed by atoms with Crippen LogP contribution in [0.3, 0.4) is 0 Å². The van der Waals surface area contributed by atoms with Gasteiger partial charge in [-0.05, 0) is 5.56 Å². The van der Waals surface area contributed by atoms with E-state index in [0.29, 0.717) is 0 Å². The van der Waals surface area contributed by atoms with E-state index in [0.717, 1.165) is 5.56 Å². The number of hydrogen-bond acceptors (Lipinski definition) is 4. The molecular weight excluding hydrogens is 234 g/mol. The lowest BCUT2D eigenvalue weighted by atomic mass is 9.97. The molecule has 0 radical (unpaired) electrons. The van der Waals surface area contributed by atoms with E-state index < -0.39 is 17.5 Å². The molecule has 0 saturated carbocycles. The van der Waals surface area contributed by atoms with Crippen LogP contribution in [0.2, 0.25) is 0 Å². The second-order valence-electron chi connectivity index (χ2n) is 3.83. The van der Waals surface area contributed by atoms with E-state index in [9.17, 15) is 9.59 Å². The third kappa shape index (κ3) is 3.18. The van der Waals surface area contributed by atoms with Gasteiger partial charge in [-0.15, -0.1) is 6.58 Å². The van der Waals surface area contributed by atoms with Crippen LogP contribution in [0.25, 0.3) is 0 Å². The fraction of sp³-hybridized carbons (Fsp3) is 0.231. The number of carboxylic acid groups (broad SMARTS) is 1. The van der Waals surface area contributed by atoms with Gasteiger partial charge in [0.2, 0.25) is 5.54 Å². The molecule has 1 aromatic rings. The predicted octanol–water partition coefficient (Wildman–Crippen LogP) is 1.09. The topological polar surface area (TPSA) is 89.6 Å². The van der Waals surface area contributed by atoms with Gasteiger partial charge in [-0.2, -0.15) is 0 Å². The van der Waals surface area contributed by atoms with E-state index in [1.807, 2.05) is 6.07 Å². The molecule has 5 heteroatoms. The Labute approximate surface area is 105 Å². The number of carboxylic acids is 1. The molecule has 1 unspecified atom stereocenters. The molecule has 18 heavy (non-hydrogen) atoms. The summed E-state index contributed by atoms with van der Waals surface area (Å²) in [5.74, 6) is -2.40. The lowest BCUT2D eigenvalue weighted by Crippen LogP contribution is -2.55. The molecule has 3 N–H and O–H groups in total. The van der Waals surface area contributed by atoms with Crippen LogP contribution in [-0.4, -0.2) is 22.6 Å². The molecule has 96 valence electrons. The van der Waals surface area contributed by atoms with Crippen LogP contribution in [0.5, 0.6) is 0 Å². The Morgan fingerprint density at radius 1 is 1.39 bits per heavy atom. The van der Waals surface area contributed by atoms with Crippen molar-refractivity contribution in [1.29, 1.82) is 0 Å². The van der Waals surface area contributed by atoms with Crippen molar-refractivity contribution in [3.63, 3.8) is 0 Å². The average molecular weight is 249 g/mol. The highest BCUT2D eigenvalue weighted by Crippen LogP contribution is 2.12. The van der Waals surface area contributed by atoms with Gasteiger partial charge < -0.3 is 15.6 Å². The Balaban J connectivity index is 2.69. The molecule has 0 bridgehead atoms. The molecule has 0 aliphatic rings. The summed E-state index contributed by atoms with van der Waals surface area (Å²) in [6.45, 7) is 3.37. The molecule has 1 rings (SSSR count). The second kappa shape index (κ2) is 5.97. The lowest BCUT2D eigenvalue weighted by molar-refractivity contribution is -0.161. The number of rotatable bonds is 6. The number of hydrogen-bond donors (Lipinski definition) is 2. The standard InChI is InChI=1S/C13H15NO4/c1-2-8-13(14,11(15)16)12(17)18-9-10-6-4-3-5-7-10/h2-7H,1,8-9,14H2,(H,15,16). The van der Waals surface area contributed by atoms with Crippen molar-refractivity contribution in [2.75, 3.05) is 0 Å². The Bertz CT molecular complexity index is 444. The summed E-state index contributed by atoms with van der Waals surface area (Å²) in [4.78, 5) is 22.7. The first-order valence-corrected chi connectivity index (χ1v) is 5.35. The van der Waals surface area contributed by atoms with Gasteiger partial charge in [0.05, 0.1) is 0 Å². The minimum Gasteiger partial charge on any atom is -0.479 e. The molecule has 0 aromatic heterocycles. The molecule has 0 heterocycles. The largest absolute Gasteiger partial charge is 0.479 e. The Morgan fingerprint density at radius 2 is 2.00 bits per heavy atom. The van der Waals surface area contributed by atoms with Gasteiger partial charge >= 0.3 is 11.9 Å². The predicted molar refractivity (Wildman–Crippen MR) is 65.6 cm³/mol. The quantitative estimate of drug-likeness (QED) is 0.447. The zero-order chi connectivity index (χ0) is 13.6. The number of nitrogens with two attached hydrogens (primary N) is 1. The highest BCUT2D eigenvalue weighted by atomic mass is 16.5. The number of carbonyl (C=O) groups excluding carboxylic acids is 1. The molecule has 0 amide bonds. The molecule has 1 atom stereocenters. The fourth-order valence-electron chi connectivity index (χ4n) is 1.34. The Kier molecular flexibility index (Phi) is 4.62. The van der Waals surface area contributed by atoms with Crippen molar-refractivity contribution in [2.24, 2.45) is 5.73 Å². The van der Waals surface area contributed by atoms with Gasteiger partial charge in [0, 0.05) is 6.42 Å². The lowest BCUT2D eigenvalue weighted by Gasteiger charge is -2.20. The maximum Gasteiger partial charge on any atom is 0.338 e. The van der Waals surface area contributed by atoms with Crippen LogP contribution in [0, 0.1) is 0 Å². The monoisotopic (exact) mass is 249 g/mol. The average Bonchev–Trinajstić information content (AvgIpc) is 2.37. The molecule has 0 spiro atoms. The van der Waals surface area contributed by atoms with Gasteiger partial charge in [-0.1, -0.05) is 36.4 Å². The smallest absolute Gasteiger partial charge is 0.338 e. The zero-order valence-electron chi connectivity index (χ0n) is 9.83. The Hall–Kier alpha value is -2.14. The van der Waals surface area contributed by atoms with Gasteiger partial charge in [0.1, 0.15) is 6.61 Å². The maximum atomic E-state index is 11.7. The number of aliphatic carboxylic acids is 1. The third-order valence-corrected chi connectivity index (χ3v) is 2.42. The first kappa shape index (κ1) is 13.9. The van der Waals surface area contributed by atoms with Crippen molar-refractivity contribution in [2.45, 2.75) is 18.6 Å². The van der Waals surface area contributed by atoms with E-state index in [1.54, 1.807) is 24.3 Å². The van der Waals surface area contributed by atoms with E-state index in [-0.39, 0.29) is 13.0 Å². The maximum absolute atomic E-state index is 11.7. The van der Waals surface area contributed by atoms with Gasteiger partial charge in [-0.3, -0.25) is 0 Å². The molecule has 0 fully saturated rings. The normalized spacial score (nSPS) is 13.4. The van der Waals surface area contributed by atoms with Crippen LogP contribution >= 0.6 is 0 Å². The van der Waals surface area contributed by atoms with E-state index >= 15 is 0 Å². The van der Waals surface area contributed by atoms with E-state index in [1.165, 1.54) is 6.08 Å². The molecule has 1 aromatic carbocycles.